The molecule has 4 rings (SSSR count). The minimum Gasteiger partial charge on any atom is -0.484 e. The normalized spacial score (nSPS) is 18.0. The third kappa shape index (κ3) is 4.06. The highest BCUT2D eigenvalue weighted by atomic mass is 32.2. The van der Waals surface area contributed by atoms with Gasteiger partial charge in [0.25, 0.3) is 5.91 Å². The Labute approximate surface area is 171 Å². The zero-order chi connectivity index (χ0) is 20.6. The Bertz CT molecular complexity index is 1160. The number of thiophene rings is 1. The Balaban J connectivity index is 1.46. The molecular weight excluding hydrogens is 414 g/mol. The van der Waals surface area contributed by atoms with Crippen molar-refractivity contribution in [1.82, 2.24) is 4.90 Å². The monoisotopic (exact) mass is 433 g/mol. The van der Waals surface area contributed by atoms with Gasteiger partial charge in [-0.25, -0.2) is 8.42 Å². The molecule has 9 heteroatoms. The molecule has 0 N–H and O–H groups in total. The average Bonchev–Trinajstić information content (AvgIpc) is 3.44. The van der Waals surface area contributed by atoms with Crippen LogP contribution in [0.5, 0.6) is 5.75 Å². The van der Waals surface area contributed by atoms with E-state index in [9.17, 15) is 18.0 Å². The summed E-state index contributed by atoms with van der Waals surface area (Å²) in [5.74, 6) is 0.0991. The lowest BCUT2D eigenvalue weighted by molar-refractivity contribution is -0.133. The lowest BCUT2D eigenvalue weighted by Crippen LogP contribution is -2.40. The van der Waals surface area contributed by atoms with Crippen LogP contribution >= 0.6 is 11.3 Å². The van der Waals surface area contributed by atoms with Crippen molar-refractivity contribution < 1.29 is 27.2 Å². The second-order valence-electron chi connectivity index (χ2n) is 6.96. The average molecular weight is 434 g/mol. The number of hydrogen-bond acceptors (Lipinski definition) is 7. The van der Waals surface area contributed by atoms with Crippen LogP contribution in [0, 0.1) is 0 Å². The predicted octanol–water partition coefficient (Wildman–Crippen LogP) is 2.75. The zero-order valence-electron chi connectivity index (χ0n) is 15.7. The van der Waals surface area contributed by atoms with E-state index in [1.54, 1.807) is 31.3 Å². The summed E-state index contributed by atoms with van der Waals surface area (Å²) in [5, 5.41) is 2.45. The number of likely N-dealkylation sites (N-methyl/N-ethyl adjacent to an activating group) is 1. The van der Waals surface area contributed by atoms with Crippen LogP contribution in [0.15, 0.2) is 46.4 Å². The first-order chi connectivity index (χ1) is 13.8. The van der Waals surface area contributed by atoms with Gasteiger partial charge in [-0.1, -0.05) is 6.07 Å². The smallest absolute Gasteiger partial charge is 0.260 e. The van der Waals surface area contributed by atoms with Gasteiger partial charge < -0.3 is 14.1 Å². The Morgan fingerprint density at radius 2 is 2.14 bits per heavy atom. The number of ether oxygens (including phenoxy) is 1. The molecule has 0 radical (unpaired) electrons. The van der Waals surface area contributed by atoms with Gasteiger partial charge in [0.1, 0.15) is 17.6 Å². The summed E-state index contributed by atoms with van der Waals surface area (Å²) in [6.07, 6.45) is 1.87. The predicted molar refractivity (Wildman–Crippen MR) is 109 cm³/mol. The molecule has 1 atom stereocenters. The molecule has 7 nitrogen and oxygen atoms in total. The van der Waals surface area contributed by atoms with E-state index in [2.05, 4.69) is 0 Å². The first-order valence-corrected chi connectivity index (χ1v) is 11.7. The summed E-state index contributed by atoms with van der Waals surface area (Å²) in [6.45, 7) is -0.218. The number of carbonyl (C=O) groups is 2. The molecule has 1 fully saturated rings. The summed E-state index contributed by atoms with van der Waals surface area (Å²) >= 11 is 1.36. The maximum absolute atomic E-state index is 12.6. The fourth-order valence-corrected chi connectivity index (χ4v) is 5.80. The molecule has 152 valence electrons. The van der Waals surface area contributed by atoms with E-state index in [0.29, 0.717) is 33.6 Å². The highest BCUT2D eigenvalue weighted by molar-refractivity contribution is 7.91. The molecule has 1 aliphatic rings. The molecule has 1 saturated heterocycles. The molecule has 0 saturated carbocycles. The number of fused-ring (bicyclic) bond motifs is 1. The fourth-order valence-electron chi connectivity index (χ4n) is 3.35. The molecule has 1 aromatic carbocycles. The van der Waals surface area contributed by atoms with Crippen molar-refractivity contribution in [2.24, 2.45) is 0 Å². The molecule has 1 unspecified atom stereocenters. The third-order valence-electron chi connectivity index (χ3n) is 5.05. The first-order valence-electron chi connectivity index (χ1n) is 9.02. The molecule has 3 heterocycles. The molecule has 1 aliphatic heterocycles. The Morgan fingerprint density at radius 1 is 1.31 bits per heavy atom. The molecular formula is C20H19NO6S2. The van der Waals surface area contributed by atoms with Crippen LogP contribution in [0.3, 0.4) is 0 Å². The van der Waals surface area contributed by atoms with E-state index in [4.69, 9.17) is 9.15 Å². The first kappa shape index (κ1) is 19.7. The number of hydrogen-bond donors (Lipinski definition) is 0. The summed E-state index contributed by atoms with van der Waals surface area (Å²) < 4.78 is 34.3. The minimum atomic E-state index is -3.07. The van der Waals surface area contributed by atoms with Crippen LogP contribution in [-0.4, -0.2) is 56.2 Å². The molecule has 0 aliphatic carbocycles. The second kappa shape index (κ2) is 7.64. The zero-order valence-corrected chi connectivity index (χ0v) is 17.3. The van der Waals surface area contributed by atoms with Crippen LogP contribution < -0.4 is 4.74 Å². The number of rotatable bonds is 6. The van der Waals surface area contributed by atoms with E-state index < -0.39 is 9.84 Å². The van der Waals surface area contributed by atoms with Crippen LogP contribution in [0.2, 0.25) is 0 Å². The number of sulfone groups is 1. The van der Waals surface area contributed by atoms with Gasteiger partial charge in [-0.2, -0.15) is 0 Å². The van der Waals surface area contributed by atoms with E-state index >= 15 is 0 Å². The molecule has 0 spiro atoms. The van der Waals surface area contributed by atoms with Gasteiger partial charge in [0.2, 0.25) is 5.78 Å². The highest BCUT2D eigenvalue weighted by Crippen LogP contribution is 2.28. The third-order valence-corrected chi connectivity index (χ3v) is 7.67. The molecule has 0 bridgehead atoms. The van der Waals surface area contributed by atoms with Crippen LogP contribution in [0.1, 0.15) is 21.7 Å². The van der Waals surface area contributed by atoms with Gasteiger partial charge in [-0.3, -0.25) is 9.59 Å². The van der Waals surface area contributed by atoms with Crippen LogP contribution in [-0.2, 0) is 14.6 Å². The van der Waals surface area contributed by atoms with E-state index in [1.165, 1.54) is 22.5 Å². The van der Waals surface area contributed by atoms with Gasteiger partial charge in [0, 0.05) is 18.5 Å². The Kier molecular flexibility index (Phi) is 5.18. The van der Waals surface area contributed by atoms with Crippen molar-refractivity contribution in [1.29, 1.82) is 0 Å². The SMILES string of the molecule is CN(C(=O)COc1ccc2occ(C(=O)c3cccs3)c2c1)C1CCS(=O)(=O)C1. The van der Waals surface area contributed by atoms with Crippen molar-refractivity contribution in [2.75, 3.05) is 25.2 Å². The number of benzene rings is 1. The van der Waals surface area contributed by atoms with E-state index in [1.807, 2.05) is 11.4 Å². The number of furan rings is 1. The highest BCUT2D eigenvalue weighted by Gasteiger charge is 2.32. The van der Waals surface area contributed by atoms with Crippen LogP contribution in [0.4, 0.5) is 0 Å². The molecule has 29 heavy (non-hydrogen) atoms. The van der Waals surface area contributed by atoms with Gasteiger partial charge in [-0.15, -0.1) is 11.3 Å². The lowest BCUT2D eigenvalue weighted by Gasteiger charge is -2.23. The number of nitrogens with zero attached hydrogens (tertiary/aromatic N) is 1. The van der Waals surface area contributed by atoms with Crippen molar-refractivity contribution in [3.63, 3.8) is 0 Å². The number of amides is 1. The Morgan fingerprint density at radius 3 is 2.83 bits per heavy atom. The number of carbonyl (C=O) groups excluding carboxylic acids is 2. The van der Waals surface area contributed by atoms with E-state index in [0.717, 1.165) is 0 Å². The van der Waals surface area contributed by atoms with Crippen molar-refractivity contribution >= 4 is 43.8 Å². The standard InChI is InChI=1S/C20H19NO6S2/c1-21(13-6-8-29(24,25)12-13)19(22)11-26-14-4-5-17-15(9-14)16(10-27-17)20(23)18-3-2-7-28-18/h2-5,7,9-10,13H,6,8,11-12H2,1H3. The molecule has 2 aromatic heterocycles. The fraction of sp³-hybridized carbons (Fsp3) is 0.300. The maximum atomic E-state index is 12.6. The van der Waals surface area contributed by atoms with Crippen molar-refractivity contribution in [3.8, 4) is 5.75 Å². The van der Waals surface area contributed by atoms with Crippen molar-refractivity contribution in [3.05, 3.63) is 52.4 Å². The summed E-state index contributed by atoms with van der Waals surface area (Å²) in [6, 6.07) is 8.28. The van der Waals surface area contributed by atoms with Crippen molar-refractivity contribution in [2.45, 2.75) is 12.5 Å². The van der Waals surface area contributed by atoms with Gasteiger partial charge in [0.05, 0.1) is 21.9 Å². The van der Waals surface area contributed by atoms with Gasteiger partial charge in [0.15, 0.2) is 16.4 Å². The number of ketones is 1. The summed E-state index contributed by atoms with van der Waals surface area (Å²) in [4.78, 5) is 27.1. The lowest BCUT2D eigenvalue weighted by atomic mass is 10.1. The van der Waals surface area contributed by atoms with Crippen LogP contribution in [0.25, 0.3) is 11.0 Å². The second-order valence-corrected chi connectivity index (χ2v) is 10.1. The quantitative estimate of drug-likeness (QED) is 0.555. The molecule has 3 aromatic rings. The van der Waals surface area contributed by atoms with Gasteiger partial charge >= 0.3 is 0 Å². The largest absolute Gasteiger partial charge is 0.484 e. The molecule has 1 amide bonds. The summed E-state index contributed by atoms with van der Waals surface area (Å²) in [7, 11) is -1.48. The minimum absolute atomic E-state index is 0.00951. The van der Waals surface area contributed by atoms with Gasteiger partial charge in [-0.05, 0) is 36.1 Å². The maximum Gasteiger partial charge on any atom is 0.260 e. The Hall–Kier alpha value is -2.65. The summed E-state index contributed by atoms with van der Waals surface area (Å²) in [5.41, 5.74) is 0.990. The van der Waals surface area contributed by atoms with E-state index in [-0.39, 0.29) is 35.8 Å². The topological polar surface area (TPSA) is 93.9 Å².